The van der Waals surface area contributed by atoms with Gasteiger partial charge in [-0.3, -0.25) is 4.79 Å². The monoisotopic (exact) mass is 217 g/mol. The maximum Gasteiger partial charge on any atom is 0.307 e. The van der Waals surface area contributed by atoms with Crippen molar-refractivity contribution in [3.8, 4) is 0 Å². The number of carboxylic acid groups (broad SMARTS) is 1. The number of aliphatic carboxylic acids is 1. The molecule has 0 spiro atoms. The van der Waals surface area contributed by atoms with E-state index in [1.807, 2.05) is 0 Å². The second-order valence-corrected chi connectivity index (χ2v) is 4.32. The Hall–Kier alpha value is -0.650. The lowest BCUT2D eigenvalue weighted by atomic mass is 10.0. The molecule has 1 saturated heterocycles. The maximum absolute atomic E-state index is 10.7. The summed E-state index contributed by atoms with van der Waals surface area (Å²) in [6, 6.07) is -0.160. The van der Waals surface area contributed by atoms with Crippen LogP contribution in [-0.4, -0.2) is 47.6 Å². The number of rotatable bonds is 5. The molecule has 3 unspecified atom stereocenters. The smallest absolute Gasteiger partial charge is 0.307 e. The van der Waals surface area contributed by atoms with Crippen LogP contribution in [0.2, 0.25) is 0 Å². The Kier molecular flexibility index (Phi) is 4.07. The Morgan fingerprint density at radius 1 is 1.60 bits per heavy atom. The Labute approximate surface area is 89.4 Å². The normalized spacial score (nSPS) is 30.1. The minimum Gasteiger partial charge on any atom is -0.481 e. The van der Waals surface area contributed by atoms with E-state index >= 15 is 0 Å². The second-order valence-electron chi connectivity index (χ2n) is 4.32. The summed E-state index contributed by atoms with van der Waals surface area (Å²) in [5, 5.41) is 21.7. The average Bonchev–Trinajstić information content (AvgIpc) is 2.61. The number of carboxylic acids is 1. The molecule has 1 aliphatic rings. The van der Waals surface area contributed by atoms with Crippen LogP contribution in [-0.2, 0) is 9.53 Å². The molecule has 0 saturated carbocycles. The predicted molar refractivity (Wildman–Crippen MR) is 54.7 cm³/mol. The molecule has 0 amide bonds. The van der Waals surface area contributed by atoms with Crippen molar-refractivity contribution in [1.29, 1.82) is 0 Å². The number of hydrogen-bond donors (Lipinski definition) is 3. The van der Waals surface area contributed by atoms with Crippen LogP contribution in [0.15, 0.2) is 0 Å². The third kappa shape index (κ3) is 3.44. The highest BCUT2D eigenvalue weighted by Crippen LogP contribution is 2.17. The summed E-state index contributed by atoms with van der Waals surface area (Å²) in [7, 11) is 0. The number of ether oxygens (including phenoxy) is 1. The van der Waals surface area contributed by atoms with Gasteiger partial charge in [-0.2, -0.15) is 0 Å². The van der Waals surface area contributed by atoms with E-state index in [2.05, 4.69) is 5.32 Å². The molecular weight excluding hydrogens is 198 g/mol. The molecule has 15 heavy (non-hydrogen) atoms. The molecule has 5 nitrogen and oxygen atoms in total. The minimum atomic E-state index is -0.829. The Morgan fingerprint density at radius 3 is 2.73 bits per heavy atom. The average molecular weight is 217 g/mol. The van der Waals surface area contributed by atoms with E-state index in [9.17, 15) is 9.90 Å². The molecule has 0 aromatic carbocycles. The van der Waals surface area contributed by atoms with Gasteiger partial charge < -0.3 is 20.3 Å². The molecule has 1 aliphatic heterocycles. The van der Waals surface area contributed by atoms with E-state index in [1.54, 1.807) is 13.8 Å². The number of hydrogen-bond acceptors (Lipinski definition) is 4. The summed E-state index contributed by atoms with van der Waals surface area (Å²) in [4.78, 5) is 10.7. The molecule has 0 aromatic heterocycles. The quantitative estimate of drug-likeness (QED) is 0.596. The highest BCUT2D eigenvalue weighted by atomic mass is 16.5. The zero-order chi connectivity index (χ0) is 11.5. The van der Waals surface area contributed by atoms with Crippen LogP contribution in [0.3, 0.4) is 0 Å². The van der Waals surface area contributed by atoms with Gasteiger partial charge in [0.2, 0.25) is 0 Å². The van der Waals surface area contributed by atoms with Gasteiger partial charge >= 0.3 is 5.97 Å². The highest BCUT2D eigenvalue weighted by Gasteiger charge is 2.33. The van der Waals surface area contributed by atoms with E-state index in [4.69, 9.17) is 9.84 Å². The summed E-state index contributed by atoms with van der Waals surface area (Å²) in [5.41, 5.74) is -0.827. The van der Waals surface area contributed by atoms with Crippen molar-refractivity contribution in [2.45, 2.75) is 31.9 Å². The number of aliphatic hydroxyl groups is 1. The van der Waals surface area contributed by atoms with Gasteiger partial charge in [-0.15, -0.1) is 0 Å². The summed E-state index contributed by atoms with van der Waals surface area (Å²) in [6.45, 7) is 4.73. The van der Waals surface area contributed by atoms with Crippen molar-refractivity contribution in [2.24, 2.45) is 5.92 Å². The Balaban J connectivity index is 2.33. The maximum atomic E-state index is 10.7. The molecule has 1 fully saturated rings. The first kappa shape index (κ1) is 12.4. The third-order valence-corrected chi connectivity index (χ3v) is 2.98. The lowest BCUT2D eigenvalue weighted by molar-refractivity contribution is -0.142. The standard InChI is InChI=1S/C10H19NO4/c1-7(9(12)13)8(2)11-5-10(14)3-4-15-6-10/h7-8,11,14H,3-6H2,1-2H3,(H,12,13). The highest BCUT2D eigenvalue weighted by molar-refractivity contribution is 5.70. The first-order valence-electron chi connectivity index (χ1n) is 5.21. The fourth-order valence-electron chi connectivity index (χ4n) is 1.48. The summed E-state index contributed by atoms with van der Waals surface area (Å²) >= 11 is 0. The van der Waals surface area contributed by atoms with Gasteiger partial charge in [0.1, 0.15) is 5.60 Å². The van der Waals surface area contributed by atoms with Crippen molar-refractivity contribution in [1.82, 2.24) is 5.32 Å². The van der Waals surface area contributed by atoms with Gasteiger partial charge in [0, 0.05) is 25.6 Å². The molecule has 0 aromatic rings. The van der Waals surface area contributed by atoms with Crippen molar-refractivity contribution in [3.63, 3.8) is 0 Å². The second kappa shape index (κ2) is 4.92. The van der Waals surface area contributed by atoms with Crippen LogP contribution in [0, 0.1) is 5.92 Å². The van der Waals surface area contributed by atoms with Gasteiger partial charge in [-0.05, 0) is 6.92 Å². The van der Waals surface area contributed by atoms with Crippen LogP contribution in [0.25, 0.3) is 0 Å². The first-order valence-corrected chi connectivity index (χ1v) is 5.21. The van der Waals surface area contributed by atoms with E-state index < -0.39 is 17.5 Å². The number of carbonyl (C=O) groups is 1. The molecule has 0 bridgehead atoms. The van der Waals surface area contributed by atoms with Gasteiger partial charge in [-0.1, -0.05) is 6.92 Å². The Morgan fingerprint density at radius 2 is 2.27 bits per heavy atom. The van der Waals surface area contributed by atoms with Crippen molar-refractivity contribution < 1.29 is 19.7 Å². The fraction of sp³-hybridized carbons (Fsp3) is 0.900. The molecule has 3 atom stereocenters. The van der Waals surface area contributed by atoms with Crippen LogP contribution in [0.4, 0.5) is 0 Å². The topological polar surface area (TPSA) is 78.8 Å². The summed E-state index contributed by atoms with van der Waals surface area (Å²) in [5.74, 6) is -1.29. The first-order chi connectivity index (χ1) is 6.94. The molecular formula is C10H19NO4. The molecule has 0 aliphatic carbocycles. The number of nitrogens with one attached hydrogen (secondary N) is 1. The molecule has 5 heteroatoms. The van der Waals surface area contributed by atoms with Crippen molar-refractivity contribution in [3.05, 3.63) is 0 Å². The van der Waals surface area contributed by atoms with Gasteiger partial charge in [-0.25, -0.2) is 0 Å². The zero-order valence-corrected chi connectivity index (χ0v) is 9.19. The van der Waals surface area contributed by atoms with E-state index in [0.29, 0.717) is 26.2 Å². The van der Waals surface area contributed by atoms with Gasteiger partial charge in [0.15, 0.2) is 0 Å². The van der Waals surface area contributed by atoms with Crippen LogP contribution in [0.5, 0.6) is 0 Å². The lowest BCUT2D eigenvalue weighted by Crippen LogP contribution is -2.47. The molecule has 1 rings (SSSR count). The largest absolute Gasteiger partial charge is 0.481 e. The summed E-state index contributed by atoms with van der Waals surface area (Å²) < 4.78 is 5.09. The predicted octanol–water partition coefficient (Wildman–Crippen LogP) is -0.163. The molecule has 3 N–H and O–H groups in total. The SMILES string of the molecule is CC(NCC1(O)CCOC1)C(C)C(=O)O. The van der Waals surface area contributed by atoms with Gasteiger partial charge in [0.25, 0.3) is 0 Å². The van der Waals surface area contributed by atoms with Crippen molar-refractivity contribution in [2.75, 3.05) is 19.8 Å². The zero-order valence-electron chi connectivity index (χ0n) is 9.19. The minimum absolute atomic E-state index is 0.160. The van der Waals surface area contributed by atoms with Crippen LogP contribution >= 0.6 is 0 Å². The van der Waals surface area contributed by atoms with Crippen LogP contribution < -0.4 is 5.32 Å². The summed E-state index contributed by atoms with van der Waals surface area (Å²) in [6.07, 6.45) is 0.605. The lowest BCUT2D eigenvalue weighted by Gasteiger charge is -2.25. The Bertz CT molecular complexity index is 225. The van der Waals surface area contributed by atoms with Crippen LogP contribution in [0.1, 0.15) is 20.3 Å². The van der Waals surface area contributed by atoms with Crippen molar-refractivity contribution >= 4 is 5.97 Å². The van der Waals surface area contributed by atoms with E-state index in [-0.39, 0.29) is 6.04 Å². The van der Waals surface area contributed by atoms with E-state index in [0.717, 1.165) is 0 Å². The van der Waals surface area contributed by atoms with Gasteiger partial charge in [0.05, 0.1) is 12.5 Å². The van der Waals surface area contributed by atoms with E-state index in [1.165, 1.54) is 0 Å². The molecule has 1 heterocycles. The molecule has 88 valence electrons. The molecule has 0 radical (unpaired) electrons. The fourth-order valence-corrected chi connectivity index (χ4v) is 1.48. The third-order valence-electron chi connectivity index (χ3n) is 2.98.